The van der Waals surface area contributed by atoms with Crippen molar-refractivity contribution in [3.05, 3.63) is 53.3 Å². The molecule has 2 aromatic rings. The molecule has 0 aliphatic carbocycles. The minimum Gasteiger partial charge on any atom is -0.323 e. The number of hydrogen-bond donors (Lipinski definition) is 1. The Morgan fingerprint density at radius 3 is 2.70 bits per heavy atom. The summed E-state index contributed by atoms with van der Waals surface area (Å²) in [5, 5.41) is 3.00. The van der Waals surface area contributed by atoms with Gasteiger partial charge in [-0.25, -0.2) is 8.42 Å². The fourth-order valence-electron chi connectivity index (χ4n) is 2.00. The molecule has 1 amide bonds. The number of rotatable bonds is 5. The van der Waals surface area contributed by atoms with Crippen molar-refractivity contribution in [1.82, 2.24) is 4.98 Å². The lowest BCUT2D eigenvalue weighted by molar-refractivity contribution is -0.114. The minimum absolute atomic E-state index is 0.352. The average Bonchev–Trinajstić information content (AvgIpc) is 2.47. The van der Waals surface area contributed by atoms with Gasteiger partial charge in [0.05, 0.1) is 23.8 Å². The molecule has 0 fully saturated rings. The highest BCUT2D eigenvalue weighted by molar-refractivity contribution is 7.92. The van der Waals surface area contributed by atoms with E-state index in [0.717, 1.165) is 10.6 Å². The quantitative estimate of drug-likeness (QED) is 0.895. The van der Waals surface area contributed by atoms with Crippen LogP contribution in [-0.2, 0) is 14.8 Å². The Hall–Kier alpha value is -2.12. The van der Waals surface area contributed by atoms with Gasteiger partial charge in [-0.2, -0.15) is 0 Å². The number of amides is 1. The van der Waals surface area contributed by atoms with Gasteiger partial charge < -0.3 is 5.32 Å². The lowest BCUT2D eigenvalue weighted by Crippen LogP contribution is -2.37. The molecular formula is C15H16ClN3O3S. The summed E-state index contributed by atoms with van der Waals surface area (Å²) in [6.45, 7) is 1.40. The molecule has 8 heteroatoms. The molecule has 0 bridgehead atoms. The standard InChI is InChI=1S/C15H16ClN3O3S/c1-11-5-6-12(16)8-14(11)19(23(2,21)22)10-15(20)18-13-4-3-7-17-9-13/h3-9H,10H2,1-2H3,(H,18,20). The van der Waals surface area contributed by atoms with E-state index in [1.165, 1.54) is 12.3 Å². The molecule has 1 heterocycles. The molecule has 2 rings (SSSR count). The van der Waals surface area contributed by atoms with Crippen LogP contribution in [0.2, 0.25) is 5.02 Å². The lowest BCUT2D eigenvalue weighted by Gasteiger charge is -2.23. The van der Waals surface area contributed by atoms with Crippen molar-refractivity contribution in [1.29, 1.82) is 0 Å². The summed E-state index contributed by atoms with van der Waals surface area (Å²) in [6.07, 6.45) is 4.10. The van der Waals surface area contributed by atoms with Gasteiger partial charge >= 0.3 is 0 Å². The van der Waals surface area contributed by atoms with Crippen molar-refractivity contribution in [2.24, 2.45) is 0 Å². The Morgan fingerprint density at radius 1 is 1.35 bits per heavy atom. The number of aryl methyl sites for hydroxylation is 1. The predicted octanol–water partition coefficient (Wildman–Crippen LogP) is 2.45. The maximum atomic E-state index is 12.2. The maximum Gasteiger partial charge on any atom is 0.245 e. The number of pyridine rings is 1. The molecular weight excluding hydrogens is 338 g/mol. The van der Waals surface area contributed by atoms with E-state index in [1.54, 1.807) is 37.4 Å². The molecule has 1 N–H and O–H groups in total. The Morgan fingerprint density at radius 2 is 2.09 bits per heavy atom. The second-order valence-corrected chi connectivity index (χ2v) is 7.33. The van der Waals surface area contributed by atoms with Crippen molar-refractivity contribution in [2.45, 2.75) is 6.92 Å². The maximum absolute atomic E-state index is 12.2. The van der Waals surface area contributed by atoms with Gasteiger partial charge in [0.25, 0.3) is 0 Å². The molecule has 0 unspecified atom stereocenters. The largest absolute Gasteiger partial charge is 0.323 e. The smallest absolute Gasteiger partial charge is 0.245 e. The van der Waals surface area contributed by atoms with Crippen molar-refractivity contribution in [3.63, 3.8) is 0 Å². The van der Waals surface area contributed by atoms with Crippen LogP contribution >= 0.6 is 11.6 Å². The van der Waals surface area contributed by atoms with Crippen LogP contribution in [0.1, 0.15) is 5.56 Å². The molecule has 0 saturated heterocycles. The summed E-state index contributed by atoms with van der Waals surface area (Å²) in [5.74, 6) is -0.470. The number of aromatic nitrogens is 1. The van der Waals surface area contributed by atoms with Gasteiger partial charge in [0.2, 0.25) is 15.9 Å². The summed E-state index contributed by atoms with van der Waals surface area (Å²) in [7, 11) is -3.65. The SMILES string of the molecule is Cc1ccc(Cl)cc1N(CC(=O)Nc1cccnc1)S(C)(=O)=O. The highest BCUT2D eigenvalue weighted by Gasteiger charge is 2.22. The molecule has 1 aromatic heterocycles. The number of anilines is 2. The number of sulfonamides is 1. The van der Waals surface area contributed by atoms with E-state index < -0.39 is 15.9 Å². The first-order valence-electron chi connectivity index (χ1n) is 6.71. The van der Waals surface area contributed by atoms with Gasteiger partial charge in [0.1, 0.15) is 6.54 Å². The van der Waals surface area contributed by atoms with Gasteiger partial charge in [-0.3, -0.25) is 14.1 Å². The van der Waals surface area contributed by atoms with Crippen LogP contribution < -0.4 is 9.62 Å². The number of hydrogen-bond acceptors (Lipinski definition) is 4. The summed E-state index contributed by atoms with van der Waals surface area (Å²) >= 11 is 5.95. The Bertz CT molecular complexity index is 810. The highest BCUT2D eigenvalue weighted by atomic mass is 35.5. The number of carbonyl (C=O) groups excluding carboxylic acids is 1. The minimum atomic E-state index is -3.65. The first-order chi connectivity index (χ1) is 10.8. The zero-order chi connectivity index (χ0) is 17.0. The van der Waals surface area contributed by atoms with Crippen molar-refractivity contribution < 1.29 is 13.2 Å². The average molecular weight is 354 g/mol. The van der Waals surface area contributed by atoms with Crippen molar-refractivity contribution in [3.8, 4) is 0 Å². The first-order valence-corrected chi connectivity index (χ1v) is 8.94. The van der Waals surface area contributed by atoms with Gasteiger partial charge in [-0.05, 0) is 36.8 Å². The molecule has 0 saturated carbocycles. The third kappa shape index (κ3) is 4.67. The number of carbonyl (C=O) groups is 1. The number of nitrogens with one attached hydrogen (secondary N) is 1. The fraction of sp³-hybridized carbons (Fsp3) is 0.200. The summed E-state index contributed by atoms with van der Waals surface area (Å²) in [6, 6.07) is 8.23. The summed E-state index contributed by atoms with van der Waals surface area (Å²) in [4.78, 5) is 16.0. The molecule has 0 radical (unpaired) electrons. The Labute approximate surface area is 140 Å². The van der Waals surface area contributed by atoms with Gasteiger partial charge in [-0.15, -0.1) is 0 Å². The molecule has 0 aliphatic rings. The lowest BCUT2D eigenvalue weighted by atomic mass is 10.2. The van der Waals surface area contributed by atoms with Crippen LogP contribution in [0.4, 0.5) is 11.4 Å². The molecule has 0 aliphatic heterocycles. The van der Waals surface area contributed by atoms with E-state index in [2.05, 4.69) is 10.3 Å². The van der Waals surface area contributed by atoms with E-state index in [0.29, 0.717) is 22.0 Å². The van der Waals surface area contributed by atoms with Crippen LogP contribution in [0.3, 0.4) is 0 Å². The van der Waals surface area contributed by atoms with Crippen LogP contribution in [0.15, 0.2) is 42.7 Å². The number of benzene rings is 1. The number of nitrogens with zero attached hydrogens (tertiary/aromatic N) is 2. The Kier molecular flexibility index (Phi) is 5.23. The summed E-state index contributed by atoms with van der Waals surface area (Å²) in [5.41, 5.74) is 1.57. The van der Waals surface area contributed by atoms with Crippen LogP contribution in [0, 0.1) is 6.92 Å². The third-order valence-corrected chi connectivity index (χ3v) is 4.43. The molecule has 23 heavy (non-hydrogen) atoms. The fourth-order valence-corrected chi connectivity index (χ4v) is 3.07. The molecule has 6 nitrogen and oxygen atoms in total. The molecule has 0 spiro atoms. The molecule has 0 atom stereocenters. The van der Waals surface area contributed by atoms with Crippen LogP contribution in [-0.4, -0.2) is 32.1 Å². The van der Waals surface area contributed by atoms with Crippen LogP contribution in [0.25, 0.3) is 0 Å². The Balaban J connectivity index is 2.27. The second-order valence-electron chi connectivity index (χ2n) is 4.99. The van der Waals surface area contributed by atoms with E-state index in [-0.39, 0.29) is 6.54 Å². The first kappa shape index (κ1) is 17.2. The van der Waals surface area contributed by atoms with E-state index in [1.807, 2.05) is 0 Å². The van der Waals surface area contributed by atoms with Gasteiger partial charge in [0, 0.05) is 11.2 Å². The molecule has 122 valence electrons. The van der Waals surface area contributed by atoms with Crippen molar-refractivity contribution >= 4 is 38.9 Å². The van der Waals surface area contributed by atoms with E-state index in [4.69, 9.17) is 11.6 Å². The zero-order valence-corrected chi connectivity index (χ0v) is 14.2. The monoisotopic (exact) mass is 353 g/mol. The normalized spacial score (nSPS) is 11.1. The van der Waals surface area contributed by atoms with E-state index >= 15 is 0 Å². The third-order valence-electron chi connectivity index (χ3n) is 3.07. The van der Waals surface area contributed by atoms with E-state index in [9.17, 15) is 13.2 Å². The highest BCUT2D eigenvalue weighted by Crippen LogP contribution is 2.26. The number of halogens is 1. The predicted molar refractivity (Wildman–Crippen MR) is 91.2 cm³/mol. The summed E-state index contributed by atoms with van der Waals surface area (Å²) < 4.78 is 25.2. The second kappa shape index (κ2) is 6.97. The zero-order valence-electron chi connectivity index (χ0n) is 12.7. The van der Waals surface area contributed by atoms with Gasteiger partial charge in [0.15, 0.2) is 0 Å². The van der Waals surface area contributed by atoms with Crippen LogP contribution in [0.5, 0.6) is 0 Å². The van der Waals surface area contributed by atoms with Crippen molar-refractivity contribution in [2.75, 3.05) is 22.4 Å². The van der Waals surface area contributed by atoms with Gasteiger partial charge in [-0.1, -0.05) is 17.7 Å². The molecule has 1 aromatic carbocycles. The topological polar surface area (TPSA) is 79.4 Å².